The van der Waals surface area contributed by atoms with Crippen LogP contribution in [0.2, 0.25) is 0 Å². The second kappa shape index (κ2) is 6.38. The summed E-state index contributed by atoms with van der Waals surface area (Å²) in [6.07, 6.45) is 6.22. The number of likely N-dealkylation sites (tertiary alicyclic amines) is 1. The molecule has 0 atom stereocenters. The number of aromatic nitrogens is 1. The second-order valence-corrected chi connectivity index (χ2v) is 4.71. The molecular weight excluding hydrogens is 226 g/mol. The van der Waals surface area contributed by atoms with Gasteiger partial charge in [0, 0.05) is 25.8 Å². The van der Waals surface area contributed by atoms with Crippen molar-refractivity contribution in [2.75, 3.05) is 25.0 Å². The van der Waals surface area contributed by atoms with Gasteiger partial charge in [-0.3, -0.25) is 4.79 Å². The van der Waals surface area contributed by atoms with Crippen molar-refractivity contribution in [1.29, 1.82) is 0 Å². The minimum absolute atomic E-state index is 0.115. The third kappa shape index (κ3) is 3.22. The highest BCUT2D eigenvalue weighted by Crippen LogP contribution is 2.13. The van der Waals surface area contributed by atoms with E-state index in [0.29, 0.717) is 5.56 Å². The van der Waals surface area contributed by atoms with Gasteiger partial charge in [0.2, 0.25) is 0 Å². The molecule has 1 aromatic heterocycles. The molecular formula is C14H21N3O. The van der Waals surface area contributed by atoms with Crippen molar-refractivity contribution in [3.8, 4) is 0 Å². The number of nitrogens with one attached hydrogen (secondary N) is 1. The Kier molecular flexibility index (Phi) is 4.56. The number of amides is 1. The Balaban J connectivity index is 1.97. The Morgan fingerprint density at radius 2 is 2.11 bits per heavy atom. The van der Waals surface area contributed by atoms with E-state index < -0.39 is 0 Å². The lowest BCUT2D eigenvalue weighted by Crippen LogP contribution is -2.35. The van der Waals surface area contributed by atoms with Crippen molar-refractivity contribution in [1.82, 2.24) is 9.88 Å². The predicted molar refractivity (Wildman–Crippen MR) is 72.8 cm³/mol. The zero-order valence-corrected chi connectivity index (χ0v) is 11.0. The first-order valence-electron chi connectivity index (χ1n) is 6.80. The third-order valence-electron chi connectivity index (χ3n) is 3.21. The maximum atomic E-state index is 12.2. The fourth-order valence-electron chi connectivity index (χ4n) is 2.16. The third-order valence-corrected chi connectivity index (χ3v) is 3.21. The number of rotatable bonds is 4. The van der Waals surface area contributed by atoms with Crippen LogP contribution in [-0.4, -0.2) is 35.4 Å². The van der Waals surface area contributed by atoms with E-state index in [0.717, 1.165) is 44.7 Å². The van der Waals surface area contributed by atoms with Gasteiger partial charge in [-0.15, -0.1) is 0 Å². The van der Waals surface area contributed by atoms with Crippen molar-refractivity contribution in [3.63, 3.8) is 0 Å². The summed E-state index contributed by atoms with van der Waals surface area (Å²) in [6, 6.07) is 3.74. The van der Waals surface area contributed by atoms with Gasteiger partial charge in [-0.05, 0) is 37.8 Å². The van der Waals surface area contributed by atoms with Crippen LogP contribution in [0.25, 0.3) is 0 Å². The fourth-order valence-corrected chi connectivity index (χ4v) is 2.16. The summed E-state index contributed by atoms with van der Waals surface area (Å²) in [5.41, 5.74) is 0.693. The highest BCUT2D eigenvalue weighted by Gasteiger charge is 2.18. The lowest BCUT2D eigenvalue weighted by molar-refractivity contribution is 0.0724. The quantitative estimate of drug-likeness (QED) is 0.889. The molecule has 0 saturated carbocycles. The standard InChI is InChI=1S/C14H21N3O/c1-2-8-15-13-7-6-12(11-16-13)14(18)17-9-4-3-5-10-17/h6-7,11H,2-5,8-10H2,1H3,(H,15,16). The van der Waals surface area contributed by atoms with Gasteiger partial charge < -0.3 is 10.2 Å². The molecule has 4 heteroatoms. The largest absolute Gasteiger partial charge is 0.370 e. The van der Waals surface area contributed by atoms with Crippen LogP contribution in [0.15, 0.2) is 18.3 Å². The molecule has 98 valence electrons. The highest BCUT2D eigenvalue weighted by molar-refractivity contribution is 5.94. The summed E-state index contributed by atoms with van der Waals surface area (Å²) in [4.78, 5) is 18.4. The number of carbonyl (C=O) groups excluding carboxylic acids is 1. The van der Waals surface area contributed by atoms with Crippen LogP contribution < -0.4 is 5.32 Å². The van der Waals surface area contributed by atoms with E-state index in [1.165, 1.54) is 6.42 Å². The lowest BCUT2D eigenvalue weighted by Gasteiger charge is -2.26. The van der Waals surface area contributed by atoms with E-state index in [1.807, 2.05) is 17.0 Å². The van der Waals surface area contributed by atoms with E-state index in [9.17, 15) is 4.79 Å². The molecule has 1 fully saturated rings. The molecule has 1 amide bonds. The number of hydrogen-bond donors (Lipinski definition) is 1. The van der Waals surface area contributed by atoms with Crippen molar-refractivity contribution in [3.05, 3.63) is 23.9 Å². The molecule has 0 unspecified atom stereocenters. The van der Waals surface area contributed by atoms with Gasteiger partial charge in [0.05, 0.1) is 5.56 Å². The summed E-state index contributed by atoms with van der Waals surface area (Å²) < 4.78 is 0. The number of piperidine rings is 1. The van der Waals surface area contributed by atoms with Crippen LogP contribution in [-0.2, 0) is 0 Å². The Hall–Kier alpha value is -1.58. The number of carbonyl (C=O) groups is 1. The average Bonchev–Trinajstić information content (AvgIpc) is 2.46. The van der Waals surface area contributed by atoms with Gasteiger partial charge in [-0.2, -0.15) is 0 Å². The van der Waals surface area contributed by atoms with E-state index in [4.69, 9.17) is 0 Å². The van der Waals surface area contributed by atoms with Gasteiger partial charge in [0.25, 0.3) is 5.91 Å². The normalized spacial score (nSPS) is 15.5. The van der Waals surface area contributed by atoms with Crippen LogP contribution >= 0.6 is 0 Å². The number of nitrogens with zero attached hydrogens (tertiary/aromatic N) is 2. The monoisotopic (exact) mass is 247 g/mol. The number of pyridine rings is 1. The molecule has 1 aliphatic rings. The van der Waals surface area contributed by atoms with Gasteiger partial charge in [-0.25, -0.2) is 4.98 Å². The zero-order valence-electron chi connectivity index (χ0n) is 11.0. The van der Waals surface area contributed by atoms with Gasteiger partial charge in [-0.1, -0.05) is 6.92 Å². The summed E-state index contributed by atoms with van der Waals surface area (Å²) in [7, 11) is 0. The molecule has 1 N–H and O–H groups in total. The van der Waals surface area contributed by atoms with E-state index in [1.54, 1.807) is 6.20 Å². The Morgan fingerprint density at radius 1 is 1.33 bits per heavy atom. The smallest absolute Gasteiger partial charge is 0.255 e. The molecule has 18 heavy (non-hydrogen) atoms. The molecule has 1 aromatic rings. The summed E-state index contributed by atoms with van der Waals surface area (Å²) in [5, 5.41) is 3.20. The molecule has 0 aromatic carbocycles. The molecule has 1 saturated heterocycles. The Bertz CT molecular complexity index is 383. The topological polar surface area (TPSA) is 45.2 Å². The minimum atomic E-state index is 0.115. The van der Waals surface area contributed by atoms with Crippen LogP contribution in [0.3, 0.4) is 0 Å². The first-order valence-corrected chi connectivity index (χ1v) is 6.80. The minimum Gasteiger partial charge on any atom is -0.370 e. The van der Waals surface area contributed by atoms with E-state index in [2.05, 4.69) is 17.2 Å². The molecule has 0 spiro atoms. The molecule has 4 nitrogen and oxygen atoms in total. The van der Waals surface area contributed by atoms with E-state index >= 15 is 0 Å². The van der Waals surface area contributed by atoms with Gasteiger partial charge in [0.15, 0.2) is 0 Å². The zero-order chi connectivity index (χ0) is 12.8. The molecule has 0 aliphatic carbocycles. The predicted octanol–water partition coefficient (Wildman–Crippen LogP) is 2.53. The summed E-state index contributed by atoms with van der Waals surface area (Å²) in [6.45, 7) is 4.79. The molecule has 2 rings (SSSR count). The van der Waals surface area contributed by atoms with Crippen LogP contribution in [0.4, 0.5) is 5.82 Å². The van der Waals surface area contributed by atoms with Crippen molar-refractivity contribution < 1.29 is 4.79 Å². The van der Waals surface area contributed by atoms with Crippen molar-refractivity contribution in [2.45, 2.75) is 32.6 Å². The second-order valence-electron chi connectivity index (χ2n) is 4.71. The highest BCUT2D eigenvalue weighted by atomic mass is 16.2. The van der Waals surface area contributed by atoms with Crippen molar-refractivity contribution in [2.24, 2.45) is 0 Å². The summed E-state index contributed by atoms with van der Waals surface area (Å²) in [5.74, 6) is 0.955. The maximum absolute atomic E-state index is 12.2. The molecule has 1 aliphatic heterocycles. The number of hydrogen-bond acceptors (Lipinski definition) is 3. The molecule has 0 bridgehead atoms. The SMILES string of the molecule is CCCNc1ccc(C(=O)N2CCCCC2)cn1. The van der Waals surface area contributed by atoms with Crippen LogP contribution in [0.1, 0.15) is 43.0 Å². The fraction of sp³-hybridized carbons (Fsp3) is 0.571. The maximum Gasteiger partial charge on any atom is 0.255 e. The van der Waals surface area contributed by atoms with Crippen LogP contribution in [0.5, 0.6) is 0 Å². The van der Waals surface area contributed by atoms with E-state index in [-0.39, 0.29) is 5.91 Å². The summed E-state index contributed by atoms with van der Waals surface area (Å²) >= 11 is 0. The van der Waals surface area contributed by atoms with Gasteiger partial charge >= 0.3 is 0 Å². The first kappa shape index (κ1) is 12.9. The molecule has 2 heterocycles. The van der Waals surface area contributed by atoms with Crippen molar-refractivity contribution >= 4 is 11.7 Å². The molecule has 0 radical (unpaired) electrons. The Labute approximate surface area is 108 Å². The number of anilines is 1. The van der Waals surface area contributed by atoms with Gasteiger partial charge in [0.1, 0.15) is 5.82 Å². The van der Waals surface area contributed by atoms with Crippen LogP contribution in [0, 0.1) is 0 Å². The lowest BCUT2D eigenvalue weighted by atomic mass is 10.1. The Morgan fingerprint density at radius 3 is 2.72 bits per heavy atom. The average molecular weight is 247 g/mol. The first-order chi connectivity index (χ1) is 8.81.